The summed E-state index contributed by atoms with van der Waals surface area (Å²) < 4.78 is 11.5. The summed E-state index contributed by atoms with van der Waals surface area (Å²) >= 11 is 0. The van der Waals surface area contributed by atoms with E-state index in [2.05, 4.69) is 27.7 Å². The molecule has 0 aromatic heterocycles. The molecule has 0 spiro atoms. The fourth-order valence-electron chi connectivity index (χ4n) is 1.93. The van der Waals surface area contributed by atoms with Crippen LogP contribution in [-0.2, 0) is 9.47 Å². The summed E-state index contributed by atoms with van der Waals surface area (Å²) in [7, 11) is 0. The molecule has 1 fully saturated rings. The number of hydrogen-bond donors (Lipinski definition) is 0. The van der Waals surface area contributed by atoms with Gasteiger partial charge in [0.05, 0.1) is 11.7 Å². The van der Waals surface area contributed by atoms with E-state index < -0.39 is 0 Å². The van der Waals surface area contributed by atoms with Crippen LogP contribution in [-0.4, -0.2) is 18.0 Å². The molecule has 0 aromatic rings. The van der Waals surface area contributed by atoms with Crippen LogP contribution in [0.5, 0.6) is 0 Å². The number of hydrogen-bond acceptors (Lipinski definition) is 2. The summed E-state index contributed by atoms with van der Waals surface area (Å²) in [5.74, 6) is 0. The second-order valence-corrected chi connectivity index (χ2v) is 4.60. The Morgan fingerprint density at radius 3 is 2.62 bits per heavy atom. The molecule has 0 radical (unpaired) electrons. The van der Waals surface area contributed by atoms with Gasteiger partial charge in [0.15, 0.2) is 6.29 Å². The maximum atomic E-state index is 5.82. The molecule has 1 saturated heterocycles. The molecule has 0 amide bonds. The second-order valence-electron chi connectivity index (χ2n) is 4.60. The van der Waals surface area contributed by atoms with Crippen molar-refractivity contribution in [1.82, 2.24) is 0 Å². The zero-order valence-corrected chi connectivity index (χ0v) is 9.30. The van der Waals surface area contributed by atoms with Crippen molar-refractivity contribution >= 4 is 0 Å². The van der Waals surface area contributed by atoms with Crippen LogP contribution in [0.2, 0.25) is 0 Å². The average Bonchev–Trinajstić information content (AvgIpc) is 1.97. The largest absolute Gasteiger partial charge is 0.350 e. The zero-order chi connectivity index (χ0) is 9.90. The molecule has 2 nitrogen and oxygen atoms in total. The molecular formula is C11H22O2. The van der Waals surface area contributed by atoms with Gasteiger partial charge in [0.1, 0.15) is 0 Å². The van der Waals surface area contributed by atoms with Crippen molar-refractivity contribution in [2.75, 3.05) is 0 Å². The average molecular weight is 186 g/mol. The monoisotopic (exact) mass is 186 g/mol. The van der Waals surface area contributed by atoms with Crippen LogP contribution >= 0.6 is 0 Å². The van der Waals surface area contributed by atoms with Gasteiger partial charge in [-0.15, -0.1) is 0 Å². The highest BCUT2D eigenvalue weighted by Gasteiger charge is 2.32. The predicted octanol–water partition coefficient (Wildman–Crippen LogP) is 3.11. The van der Waals surface area contributed by atoms with Crippen molar-refractivity contribution in [3.8, 4) is 0 Å². The topological polar surface area (TPSA) is 18.5 Å². The van der Waals surface area contributed by atoms with Gasteiger partial charge in [-0.3, -0.25) is 0 Å². The van der Waals surface area contributed by atoms with Gasteiger partial charge < -0.3 is 9.47 Å². The minimum Gasteiger partial charge on any atom is -0.350 e. The highest BCUT2D eigenvalue weighted by Crippen LogP contribution is 2.29. The molecule has 78 valence electrons. The standard InChI is InChI=1S/C11H22O2/c1-5-6-7-10-12-9(2)8-11(3,4)13-10/h9-10H,5-8H2,1-4H3/t9-,10+/m0/s1. The third-order valence-electron chi connectivity index (χ3n) is 2.41. The van der Waals surface area contributed by atoms with Crippen LogP contribution in [0.3, 0.4) is 0 Å². The normalized spacial score (nSPS) is 33.2. The molecule has 1 aliphatic rings. The molecule has 1 aliphatic heterocycles. The van der Waals surface area contributed by atoms with E-state index in [0.717, 1.165) is 12.8 Å². The maximum absolute atomic E-state index is 5.82. The number of rotatable bonds is 3. The highest BCUT2D eigenvalue weighted by molar-refractivity contribution is 4.77. The van der Waals surface area contributed by atoms with Gasteiger partial charge in [0.25, 0.3) is 0 Å². The molecule has 2 atom stereocenters. The van der Waals surface area contributed by atoms with E-state index in [9.17, 15) is 0 Å². The molecule has 0 aromatic carbocycles. The molecule has 1 heterocycles. The first-order valence-electron chi connectivity index (χ1n) is 5.37. The van der Waals surface area contributed by atoms with Crippen LogP contribution in [0.25, 0.3) is 0 Å². The summed E-state index contributed by atoms with van der Waals surface area (Å²) in [6.07, 6.45) is 4.79. The zero-order valence-electron chi connectivity index (χ0n) is 9.30. The highest BCUT2D eigenvalue weighted by atomic mass is 16.7. The minimum atomic E-state index is -0.00389. The summed E-state index contributed by atoms with van der Waals surface area (Å²) in [6.45, 7) is 8.61. The summed E-state index contributed by atoms with van der Waals surface area (Å²) in [4.78, 5) is 0. The fourth-order valence-corrected chi connectivity index (χ4v) is 1.93. The number of ether oxygens (including phenoxy) is 2. The Morgan fingerprint density at radius 1 is 1.38 bits per heavy atom. The quantitative estimate of drug-likeness (QED) is 0.674. The second kappa shape index (κ2) is 4.43. The van der Waals surface area contributed by atoms with E-state index in [4.69, 9.17) is 9.47 Å². The summed E-state index contributed by atoms with van der Waals surface area (Å²) in [5.41, 5.74) is -0.00389. The first-order valence-corrected chi connectivity index (χ1v) is 5.37. The maximum Gasteiger partial charge on any atom is 0.158 e. The molecule has 0 aliphatic carbocycles. The van der Waals surface area contributed by atoms with Crippen molar-refractivity contribution in [3.63, 3.8) is 0 Å². The first-order chi connectivity index (χ1) is 6.03. The minimum absolute atomic E-state index is 0.00389. The Balaban J connectivity index is 2.38. The predicted molar refractivity (Wildman–Crippen MR) is 53.6 cm³/mol. The van der Waals surface area contributed by atoms with Crippen molar-refractivity contribution in [2.45, 2.75) is 71.4 Å². The Morgan fingerprint density at radius 2 is 2.08 bits per heavy atom. The van der Waals surface area contributed by atoms with Crippen LogP contribution in [0.1, 0.15) is 53.4 Å². The van der Waals surface area contributed by atoms with E-state index >= 15 is 0 Å². The lowest BCUT2D eigenvalue weighted by Crippen LogP contribution is -2.42. The van der Waals surface area contributed by atoms with Crippen molar-refractivity contribution in [1.29, 1.82) is 0 Å². The van der Waals surface area contributed by atoms with E-state index in [1.807, 2.05) is 0 Å². The van der Waals surface area contributed by atoms with Crippen LogP contribution in [0, 0.1) is 0 Å². The molecule has 0 bridgehead atoms. The summed E-state index contributed by atoms with van der Waals surface area (Å²) in [5, 5.41) is 0. The van der Waals surface area contributed by atoms with Crippen molar-refractivity contribution < 1.29 is 9.47 Å². The van der Waals surface area contributed by atoms with E-state index in [-0.39, 0.29) is 11.9 Å². The van der Waals surface area contributed by atoms with Crippen LogP contribution < -0.4 is 0 Å². The van der Waals surface area contributed by atoms with Gasteiger partial charge in [-0.25, -0.2) is 0 Å². The molecule has 0 unspecified atom stereocenters. The first kappa shape index (κ1) is 11.0. The molecule has 2 heteroatoms. The van der Waals surface area contributed by atoms with Crippen molar-refractivity contribution in [3.05, 3.63) is 0 Å². The molecular weight excluding hydrogens is 164 g/mol. The molecule has 0 N–H and O–H groups in total. The lowest BCUT2D eigenvalue weighted by molar-refractivity contribution is -0.270. The van der Waals surface area contributed by atoms with Gasteiger partial charge in [0, 0.05) is 6.42 Å². The van der Waals surface area contributed by atoms with Crippen LogP contribution in [0.15, 0.2) is 0 Å². The lowest BCUT2D eigenvalue weighted by atomic mass is 9.99. The molecule has 13 heavy (non-hydrogen) atoms. The summed E-state index contributed by atoms with van der Waals surface area (Å²) in [6, 6.07) is 0. The Bertz CT molecular complexity index is 154. The molecule has 0 saturated carbocycles. The Kier molecular flexibility index (Phi) is 3.74. The van der Waals surface area contributed by atoms with Gasteiger partial charge in [-0.2, -0.15) is 0 Å². The third-order valence-corrected chi connectivity index (χ3v) is 2.41. The lowest BCUT2D eigenvalue weighted by Gasteiger charge is -2.39. The molecule has 1 rings (SSSR count). The van der Waals surface area contributed by atoms with Gasteiger partial charge in [-0.05, 0) is 33.6 Å². The van der Waals surface area contributed by atoms with Crippen molar-refractivity contribution in [2.24, 2.45) is 0 Å². The van der Waals surface area contributed by atoms with Gasteiger partial charge in [-0.1, -0.05) is 13.3 Å². The van der Waals surface area contributed by atoms with E-state index in [0.29, 0.717) is 6.10 Å². The van der Waals surface area contributed by atoms with Crippen LogP contribution in [0.4, 0.5) is 0 Å². The Hall–Kier alpha value is -0.0800. The number of unbranched alkanes of at least 4 members (excludes halogenated alkanes) is 1. The van der Waals surface area contributed by atoms with Gasteiger partial charge >= 0.3 is 0 Å². The smallest absolute Gasteiger partial charge is 0.158 e. The Labute approximate surface area is 81.6 Å². The SMILES string of the molecule is CCCC[C@@H]1O[C@@H](C)CC(C)(C)O1. The van der Waals surface area contributed by atoms with E-state index in [1.54, 1.807) is 0 Å². The fraction of sp³-hybridized carbons (Fsp3) is 1.00. The third kappa shape index (κ3) is 3.65. The van der Waals surface area contributed by atoms with Gasteiger partial charge in [0.2, 0.25) is 0 Å². The van der Waals surface area contributed by atoms with E-state index in [1.165, 1.54) is 12.8 Å².